The van der Waals surface area contributed by atoms with Crippen molar-refractivity contribution in [3.05, 3.63) is 64.7 Å². The van der Waals surface area contributed by atoms with Crippen LogP contribution in [-0.2, 0) is 26.2 Å². The maximum absolute atomic E-state index is 13.4. The van der Waals surface area contributed by atoms with Crippen molar-refractivity contribution in [2.45, 2.75) is 79.4 Å². The van der Waals surface area contributed by atoms with Gasteiger partial charge < -0.3 is 10.2 Å². The highest BCUT2D eigenvalue weighted by Gasteiger charge is 2.27. The molecule has 0 aliphatic rings. The van der Waals surface area contributed by atoms with E-state index in [9.17, 15) is 18.0 Å². The van der Waals surface area contributed by atoms with Gasteiger partial charge in [-0.1, -0.05) is 37.3 Å². The Hall–Kier alpha value is -2.87. The summed E-state index contributed by atoms with van der Waals surface area (Å²) < 4.78 is 26.5. The monoisotopic (exact) mass is 515 g/mol. The van der Waals surface area contributed by atoms with Crippen LogP contribution in [0.5, 0.6) is 0 Å². The summed E-state index contributed by atoms with van der Waals surface area (Å²) in [6.07, 6.45) is 2.44. The lowest BCUT2D eigenvalue weighted by atomic mass is 10.1. The number of hydrogen-bond acceptors (Lipinski definition) is 4. The van der Waals surface area contributed by atoms with Crippen molar-refractivity contribution < 1.29 is 18.0 Å². The fraction of sp³-hybridized carbons (Fsp3) is 0.500. The summed E-state index contributed by atoms with van der Waals surface area (Å²) >= 11 is 0. The van der Waals surface area contributed by atoms with Crippen molar-refractivity contribution in [3.63, 3.8) is 0 Å². The van der Waals surface area contributed by atoms with Crippen LogP contribution < -0.4 is 9.62 Å². The number of anilines is 1. The molecule has 36 heavy (non-hydrogen) atoms. The molecule has 0 aliphatic heterocycles. The highest BCUT2D eigenvalue weighted by Crippen LogP contribution is 2.22. The van der Waals surface area contributed by atoms with Crippen molar-refractivity contribution in [2.75, 3.05) is 17.1 Å². The van der Waals surface area contributed by atoms with Crippen LogP contribution in [0.15, 0.2) is 42.5 Å². The number of carbonyl (C=O) groups is 2. The first kappa shape index (κ1) is 29.4. The van der Waals surface area contributed by atoms with Gasteiger partial charge in [0.05, 0.1) is 11.9 Å². The lowest BCUT2D eigenvalue weighted by Crippen LogP contribution is -2.49. The fourth-order valence-corrected chi connectivity index (χ4v) is 5.07. The molecule has 0 bridgehead atoms. The van der Waals surface area contributed by atoms with Crippen molar-refractivity contribution in [1.82, 2.24) is 10.2 Å². The molecule has 0 spiro atoms. The van der Waals surface area contributed by atoms with Crippen molar-refractivity contribution in [3.8, 4) is 0 Å². The first-order valence-electron chi connectivity index (χ1n) is 12.5. The van der Waals surface area contributed by atoms with Crippen LogP contribution in [0.1, 0.15) is 62.3 Å². The maximum Gasteiger partial charge on any atom is 0.242 e. The third kappa shape index (κ3) is 8.36. The number of nitrogens with zero attached hydrogens (tertiary/aromatic N) is 2. The van der Waals surface area contributed by atoms with E-state index in [1.54, 1.807) is 11.8 Å². The van der Waals surface area contributed by atoms with E-state index in [1.807, 2.05) is 77.1 Å². The van der Waals surface area contributed by atoms with Gasteiger partial charge in [0.15, 0.2) is 0 Å². The summed E-state index contributed by atoms with van der Waals surface area (Å²) in [6, 6.07) is 12.8. The van der Waals surface area contributed by atoms with Gasteiger partial charge in [0.25, 0.3) is 0 Å². The summed E-state index contributed by atoms with van der Waals surface area (Å²) in [5.41, 5.74) is 4.56. The summed E-state index contributed by atoms with van der Waals surface area (Å²) in [5.74, 6) is -0.377. The van der Waals surface area contributed by atoms with Gasteiger partial charge in [-0.05, 0) is 81.8 Å². The van der Waals surface area contributed by atoms with Gasteiger partial charge in [-0.3, -0.25) is 13.9 Å². The normalized spacial score (nSPS) is 13.1. The zero-order valence-electron chi connectivity index (χ0n) is 22.7. The minimum absolute atomic E-state index is 0.0106. The van der Waals surface area contributed by atoms with E-state index >= 15 is 0 Å². The Morgan fingerprint density at radius 2 is 1.61 bits per heavy atom. The number of rotatable bonds is 12. The van der Waals surface area contributed by atoms with E-state index in [4.69, 9.17) is 0 Å². The van der Waals surface area contributed by atoms with Crippen LogP contribution in [0, 0.1) is 20.8 Å². The SMILES string of the molecule is CC[C@@H](C)NC(=O)[C@H](C)N(Cc1ccccc1C)C(=O)CCCN(c1cc(C)cc(C)c1)S(C)(=O)=O. The second-order valence-electron chi connectivity index (χ2n) is 9.73. The van der Waals surface area contributed by atoms with E-state index in [-0.39, 0.29) is 30.8 Å². The Balaban J connectivity index is 2.21. The lowest BCUT2D eigenvalue weighted by molar-refractivity contribution is -0.140. The zero-order valence-corrected chi connectivity index (χ0v) is 23.5. The molecule has 2 aromatic rings. The Labute approximate surface area is 216 Å². The molecule has 198 valence electrons. The number of sulfonamides is 1. The van der Waals surface area contributed by atoms with Crippen molar-refractivity contribution in [2.24, 2.45) is 0 Å². The van der Waals surface area contributed by atoms with E-state index in [2.05, 4.69) is 5.32 Å². The maximum atomic E-state index is 13.4. The Kier molecular flexibility index (Phi) is 10.5. The van der Waals surface area contributed by atoms with Crippen LogP contribution in [0.3, 0.4) is 0 Å². The molecule has 8 heteroatoms. The van der Waals surface area contributed by atoms with Gasteiger partial charge in [-0.25, -0.2) is 8.42 Å². The minimum atomic E-state index is -3.53. The second kappa shape index (κ2) is 12.9. The summed E-state index contributed by atoms with van der Waals surface area (Å²) in [7, 11) is -3.53. The largest absolute Gasteiger partial charge is 0.352 e. The number of amides is 2. The molecule has 0 radical (unpaired) electrons. The smallest absolute Gasteiger partial charge is 0.242 e. The molecule has 0 saturated carbocycles. The molecule has 0 unspecified atom stereocenters. The molecule has 2 atom stereocenters. The van der Waals surface area contributed by atoms with E-state index in [0.717, 1.165) is 28.7 Å². The quantitative estimate of drug-likeness (QED) is 0.451. The predicted molar refractivity (Wildman–Crippen MR) is 146 cm³/mol. The average molecular weight is 516 g/mol. The summed E-state index contributed by atoms with van der Waals surface area (Å²) in [4.78, 5) is 27.9. The third-order valence-corrected chi connectivity index (χ3v) is 7.61. The van der Waals surface area contributed by atoms with E-state index in [0.29, 0.717) is 18.7 Å². The first-order valence-corrected chi connectivity index (χ1v) is 14.4. The third-order valence-electron chi connectivity index (χ3n) is 6.42. The van der Waals surface area contributed by atoms with Gasteiger partial charge in [0, 0.05) is 25.6 Å². The molecule has 0 saturated heterocycles. The van der Waals surface area contributed by atoms with Gasteiger partial charge in [0.1, 0.15) is 6.04 Å². The topological polar surface area (TPSA) is 86.8 Å². The molecule has 2 amide bonds. The summed E-state index contributed by atoms with van der Waals surface area (Å²) in [6.45, 7) is 12.0. The van der Waals surface area contributed by atoms with Crippen LogP contribution in [0.25, 0.3) is 0 Å². The van der Waals surface area contributed by atoms with Crippen molar-refractivity contribution in [1.29, 1.82) is 0 Å². The molecule has 0 fully saturated rings. The van der Waals surface area contributed by atoms with Gasteiger partial charge in [0.2, 0.25) is 21.8 Å². The van der Waals surface area contributed by atoms with Crippen LogP contribution in [0.2, 0.25) is 0 Å². The molecule has 0 heterocycles. The number of carbonyl (C=O) groups excluding carboxylic acids is 2. The number of nitrogens with one attached hydrogen (secondary N) is 1. The van der Waals surface area contributed by atoms with Crippen molar-refractivity contribution >= 4 is 27.5 Å². The summed E-state index contributed by atoms with van der Waals surface area (Å²) in [5, 5.41) is 2.97. The Morgan fingerprint density at radius 3 is 2.17 bits per heavy atom. The molecule has 2 aromatic carbocycles. The van der Waals surface area contributed by atoms with Gasteiger partial charge >= 0.3 is 0 Å². The molecule has 7 nitrogen and oxygen atoms in total. The zero-order chi connectivity index (χ0) is 27.0. The van der Waals surface area contributed by atoms with Crippen LogP contribution in [-0.4, -0.2) is 50.0 Å². The molecule has 0 aliphatic carbocycles. The molecule has 2 rings (SSSR count). The fourth-order valence-electron chi connectivity index (χ4n) is 4.12. The minimum Gasteiger partial charge on any atom is -0.352 e. The first-order chi connectivity index (χ1) is 16.8. The number of hydrogen-bond donors (Lipinski definition) is 1. The van der Waals surface area contributed by atoms with E-state index in [1.165, 1.54) is 10.6 Å². The molecular weight excluding hydrogens is 474 g/mol. The van der Waals surface area contributed by atoms with E-state index < -0.39 is 16.1 Å². The highest BCUT2D eigenvalue weighted by atomic mass is 32.2. The lowest BCUT2D eigenvalue weighted by Gasteiger charge is -2.30. The molecular formula is C28H41N3O4S. The van der Waals surface area contributed by atoms with Crippen LogP contribution >= 0.6 is 0 Å². The Morgan fingerprint density at radius 1 is 1.00 bits per heavy atom. The molecule has 1 N–H and O–H groups in total. The van der Waals surface area contributed by atoms with Gasteiger partial charge in [-0.15, -0.1) is 0 Å². The highest BCUT2D eigenvalue weighted by molar-refractivity contribution is 7.92. The number of aryl methyl sites for hydroxylation is 3. The standard InChI is InChI=1S/C28H41N3O4S/c1-8-23(5)29-28(33)24(6)30(19-25-13-10-9-12-22(25)4)27(32)14-11-15-31(36(7,34)35)26-17-20(2)16-21(3)18-26/h9-10,12-13,16-18,23-24H,8,11,14-15,19H2,1-7H3,(H,29,33)/t23-,24+/m1/s1. The second-order valence-corrected chi connectivity index (χ2v) is 11.6. The Bertz CT molecular complexity index is 1140. The average Bonchev–Trinajstić information content (AvgIpc) is 2.79. The van der Waals surface area contributed by atoms with Crippen LogP contribution in [0.4, 0.5) is 5.69 Å². The predicted octanol–water partition coefficient (Wildman–Crippen LogP) is 4.49. The molecule has 0 aromatic heterocycles. The number of benzene rings is 2. The van der Waals surface area contributed by atoms with Gasteiger partial charge in [-0.2, -0.15) is 0 Å².